The van der Waals surface area contributed by atoms with Gasteiger partial charge in [-0.2, -0.15) is 0 Å². The summed E-state index contributed by atoms with van der Waals surface area (Å²) in [7, 11) is 4.69. The molecule has 0 atom stereocenters. The quantitative estimate of drug-likeness (QED) is 0.390. The highest BCUT2D eigenvalue weighted by Crippen LogP contribution is 2.34. The summed E-state index contributed by atoms with van der Waals surface area (Å²) in [5.74, 6) is 1.30. The number of rotatable bonds is 8. The predicted octanol–water partition coefficient (Wildman–Crippen LogP) is 4.81. The van der Waals surface area contributed by atoms with E-state index < -0.39 is 0 Å². The number of methoxy groups -OCH3 is 3. The van der Waals surface area contributed by atoms with Crippen LogP contribution in [0.15, 0.2) is 46.7 Å². The summed E-state index contributed by atoms with van der Waals surface area (Å²) in [5, 5.41) is 4.27. The van der Waals surface area contributed by atoms with Crippen molar-refractivity contribution in [3.63, 3.8) is 0 Å². The van der Waals surface area contributed by atoms with E-state index >= 15 is 0 Å². The molecule has 24 heavy (non-hydrogen) atoms. The second-order valence-corrected chi connectivity index (χ2v) is 6.15. The second-order valence-electron chi connectivity index (χ2n) is 5.17. The Morgan fingerprint density at radius 3 is 2.42 bits per heavy atom. The molecule has 0 fully saturated rings. The van der Waals surface area contributed by atoms with Gasteiger partial charge in [-0.3, -0.25) is 4.79 Å². The molecule has 0 amide bonds. The van der Waals surface area contributed by atoms with Gasteiger partial charge in [-0.05, 0) is 53.3 Å². The van der Waals surface area contributed by atoms with Crippen molar-refractivity contribution in [3.05, 3.63) is 41.8 Å². The molecule has 128 valence electrons. The molecular formula is C19H22O4S. The zero-order valence-electron chi connectivity index (χ0n) is 14.2. The van der Waals surface area contributed by atoms with Gasteiger partial charge < -0.3 is 14.2 Å². The molecule has 0 bridgehead atoms. The summed E-state index contributed by atoms with van der Waals surface area (Å²) in [4.78, 5) is 12.2. The van der Waals surface area contributed by atoms with Crippen molar-refractivity contribution in [2.75, 3.05) is 21.3 Å². The molecule has 2 aromatic rings. The van der Waals surface area contributed by atoms with Crippen molar-refractivity contribution in [2.45, 2.75) is 24.2 Å². The van der Waals surface area contributed by atoms with E-state index in [4.69, 9.17) is 9.47 Å². The first-order chi connectivity index (χ1) is 11.7. The predicted molar refractivity (Wildman–Crippen MR) is 97.9 cm³/mol. The number of fused-ring (bicyclic) bond motifs is 1. The minimum absolute atomic E-state index is 0.157. The topological polar surface area (TPSA) is 44.8 Å². The molecule has 2 rings (SSSR count). The lowest BCUT2D eigenvalue weighted by Gasteiger charge is -2.09. The highest BCUT2D eigenvalue weighted by molar-refractivity contribution is 8.02. The molecule has 0 heterocycles. The largest absolute Gasteiger partial charge is 0.493 e. The summed E-state index contributed by atoms with van der Waals surface area (Å²) in [5.41, 5.74) is 0. The van der Waals surface area contributed by atoms with Crippen LogP contribution in [0.2, 0.25) is 0 Å². The molecule has 2 aromatic carbocycles. The van der Waals surface area contributed by atoms with Gasteiger partial charge in [0.1, 0.15) is 0 Å². The van der Waals surface area contributed by atoms with Crippen LogP contribution in [0.5, 0.6) is 11.5 Å². The molecule has 5 heteroatoms. The maximum absolute atomic E-state index is 11.0. The molecule has 0 spiro atoms. The van der Waals surface area contributed by atoms with Crippen molar-refractivity contribution in [2.24, 2.45) is 0 Å². The number of hydrogen-bond donors (Lipinski definition) is 0. The lowest BCUT2D eigenvalue weighted by Crippen LogP contribution is -1.98. The van der Waals surface area contributed by atoms with Gasteiger partial charge >= 0.3 is 5.97 Å². The van der Waals surface area contributed by atoms with Gasteiger partial charge in [-0.15, -0.1) is 0 Å². The molecule has 0 saturated carbocycles. The molecule has 0 aliphatic heterocycles. The summed E-state index contributed by atoms with van der Waals surface area (Å²) < 4.78 is 15.3. The number of hydrogen-bond acceptors (Lipinski definition) is 5. The van der Waals surface area contributed by atoms with Crippen molar-refractivity contribution < 1.29 is 19.0 Å². The molecule has 0 saturated heterocycles. The third-order valence-corrected chi connectivity index (χ3v) is 4.45. The SMILES string of the molecule is COC(=O)CCC/C=C/Sc1ccc2cc(OC)c(OC)cc2c1. The fourth-order valence-corrected chi connectivity index (χ4v) is 3.02. The Bertz CT molecular complexity index is 725. The number of ether oxygens (including phenoxy) is 3. The first-order valence-electron chi connectivity index (χ1n) is 7.72. The zero-order valence-corrected chi connectivity index (χ0v) is 15.0. The summed E-state index contributed by atoms with van der Waals surface area (Å²) in [6.45, 7) is 0. The van der Waals surface area contributed by atoms with E-state index in [0.29, 0.717) is 6.42 Å². The highest BCUT2D eigenvalue weighted by Gasteiger charge is 2.06. The Morgan fingerprint density at radius 1 is 1.04 bits per heavy atom. The average Bonchev–Trinajstić information content (AvgIpc) is 2.62. The second kappa shape index (κ2) is 9.23. The summed E-state index contributed by atoms with van der Waals surface area (Å²) >= 11 is 1.65. The summed E-state index contributed by atoms with van der Waals surface area (Å²) in [6, 6.07) is 10.2. The average molecular weight is 346 g/mol. The molecule has 0 aliphatic carbocycles. The van der Waals surface area contributed by atoms with Crippen LogP contribution in [0.1, 0.15) is 19.3 Å². The van der Waals surface area contributed by atoms with Gasteiger partial charge in [-0.1, -0.05) is 23.9 Å². The van der Waals surface area contributed by atoms with E-state index in [0.717, 1.165) is 40.0 Å². The number of allylic oxidation sites excluding steroid dienone is 1. The third-order valence-electron chi connectivity index (χ3n) is 3.59. The molecule has 0 radical (unpaired) electrons. The van der Waals surface area contributed by atoms with E-state index in [1.54, 1.807) is 26.0 Å². The van der Waals surface area contributed by atoms with E-state index in [9.17, 15) is 4.79 Å². The van der Waals surface area contributed by atoms with Crippen molar-refractivity contribution >= 4 is 28.5 Å². The number of thioether (sulfide) groups is 1. The highest BCUT2D eigenvalue weighted by atomic mass is 32.2. The fourth-order valence-electron chi connectivity index (χ4n) is 2.29. The van der Waals surface area contributed by atoms with Crippen LogP contribution in [-0.4, -0.2) is 27.3 Å². The molecule has 4 nitrogen and oxygen atoms in total. The molecular weight excluding hydrogens is 324 g/mol. The Morgan fingerprint density at radius 2 is 1.75 bits per heavy atom. The van der Waals surface area contributed by atoms with Crippen LogP contribution in [0, 0.1) is 0 Å². The van der Waals surface area contributed by atoms with E-state index in [1.807, 2.05) is 12.1 Å². The lowest BCUT2D eigenvalue weighted by molar-refractivity contribution is -0.140. The first kappa shape index (κ1) is 18.2. The maximum atomic E-state index is 11.0. The Hall–Kier alpha value is -2.14. The smallest absolute Gasteiger partial charge is 0.305 e. The number of benzene rings is 2. The van der Waals surface area contributed by atoms with Gasteiger partial charge in [0, 0.05) is 11.3 Å². The van der Waals surface area contributed by atoms with E-state index in [-0.39, 0.29) is 5.97 Å². The van der Waals surface area contributed by atoms with Gasteiger partial charge in [-0.25, -0.2) is 0 Å². The summed E-state index contributed by atoms with van der Waals surface area (Å²) in [6.07, 6.45) is 4.20. The molecule has 0 N–H and O–H groups in total. The Labute approximate surface area is 146 Å². The van der Waals surface area contributed by atoms with E-state index in [2.05, 4.69) is 34.4 Å². The Kier molecular flexibility index (Phi) is 7.00. The van der Waals surface area contributed by atoms with Crippen molar-refractivity contribution in [1.29, 1.82) is 0 Å². The normalized spacial score (nSPS) is 11.0. The third kappa shape index (κ3) is 4.93. The number of carbonyl (C=O) groups excluding carboxylic acids is 1. The molecule has 0 aromatic heterocycles. The van der Waals surface area contributed by atoms with Gasteiger partial charge in [0.05, 0.1) is 21.3 Å². The monoisotopic (exact) mass is 346 g/mol. The lowest BCUT2D eigenvalue weighted by atomic mass is 10.1. The first-order valence-corrected chi connectivity index (χ1v) is 8.60. The van der Waals surface area contributed by atoms with Crippen LogP contribution in [0.25, 0.3) is 10.8 Å². The standard InChI is InChI=1S/C19H22O4S/c1-21-17-12-14-8-9-16(11-15(14)13-18(17)22-2)24-10-6-4-5-7-19(20)23-3/h6,8-13H,4-5,7H2,1-3H3/b10-6+. The zero-order chi connectivity index (χ0) is 17.4. The van der Waals surface area contributed by atoms with E-state index in [1.165, 1.54) is 7.11 Å². The van der Waals surface area contributed by atoms with Crippen molar-refractivity contribution in [1.82, 2.24) is 0 Å². The number of esters is 1. The van der Waals surface area contributed by atoms with Crippen LogP contribution in [0.4, 0.5) is 0 Å². The van der Waals surface area contributed by atoms with Gasteiger partial charge in [0.15, 0.2) is 11.5 Å². The Balaban J connectivity index is 1.99. The maximum Gasteiger partial charge on any atom is 0.305 e. The van der Waals surface area contributed by atoms with Crippen molar-refractivity contribution in [3.8, 4) is 11.5 Å². The van der Waals surface area contributed by atoms with Crippen LogP contribution in [0.3, 0.4) is 0 Å². The fraction of sp³-hybridized carbons (Fsp3) is 0.316. The number of unbranched alkanes of at least 4 members (excludes halogenated alkanes) is 1. The molecule has 0 aliphatic rings. The van der Waals surface area contributed by atoms with Crippen LogP contribution < -0.4 is 9.47 Å². The minimum atomic E-state index is -0.157. The van der Waals surface area contributed by atoms with Gasteiger partial charge in [0.25, 0.3) is 0 Å². The molecule has 0 unspecified atom stereocenters. The van der Waals surface area contributed by atoms with Crippen LogP contribution in [-0.2, 0) is 9.53 Å². The van der Waals surface area contributed by atoms with Crippen LogP contribution >= 0.6 is 11.8 Å². The minimum Gasteiger partial charge on any atom is -0.493 e. The number of carbonyl (C=O) groups is 1. The van der Waals surface area contributed by atoms with Gasteiger partial charge in [0.2, 0.25) is 0 Å².